The third-order valence-electron chi connectivity index (χ3n) is 2.35. The zero-order chi connectivity index (χ0) is 16.2. The van der Waals surface area contributed by atoms with Crippen molar-refractivity contribution in [2.24, 2.45) is 0 Å². The molecule has 0 bridgehead atoms. The van der Waals surface area contributed by atoms with E-state index in [1.165, 1.54) is 0 Å². The second kappa shape index (κ2) is 7.40. The fourth-order valence-corrected chi connectivity index (χ4v) is 2.67. The highest BCUT2D eigenvalue weighted by Crippen LogP contribution is 2.27. The molecule has 1 aromatic carbocycles. The molecular weight excluding hydrogens is 346 g/mol. The van der Waals surface area contributed by atoms with E-state index in [1.54, 1.807) is 13.8 Å². The van der Waals surface area contributed by atoms with Gasteiger partial charge < -0.3 is 9.47 Å². The number of benzene rings is 1. The summed E-state index contributed by atoms with van der Waals surface area (Å²) in [6.07, 6.45) is -0.633. The van der Waals surface area contributed by atoms with Crippen LogP contribution in [0.25, 0.3) is 0 Å². The van der Waals surface area contributed by atoms with Crippen molar-refractivity contribution in [2.75, 3.05) is 13.2 Å². The summed E-state index contributed by atoms with van der Waals surface area (Å²) in [6.45, 7) is 3.88. The standard InChI is InChI=1S/C12H13Cl2FO5S/c1-3-19-6-7(2)20-12(16)9-4-8(13)5-10(11(9)15)21(14,17)18/h4-5,7H,3,6H2,1-2H3. The van der Waals surface area contributed by atoms with Crippen LogP contribution in [0, 0.1) is 5.82 Å². The highest BCUT2D eigenvalue weighted by Gasteiger charge is 2.25. The van der Waals surface area contributed by atoms with Crippen molar-refractivity contribution >= 4 is 37.3 Å². The molecule has 0 aliphatic heterocycles. The van der Waals surface area contributed by atoms with Crippen LogP contribution in [0.2, 0.25) is 5.02 Å². The Kier molecular flexibility index (Phi) is 6.40. The van der Waals surface area contributed by atoms with Gasteiger partial charge in [-0.05, 0) is 26.0 Å². The fourth-order valence-electron chi connectivity index (χ4n) is 1.45. The second-order valence-electron chi connectivity index (χ2n) is 4.08. The van der Waals surface area contributed by atoms with Crippen molar-refractivity contribution < 1.29 is 27.1 Å². The lowest BCUT2D eigenvalue weighted by Crippen LogP contribution is -2.21. The molecule has 9 heteroatoms. The molecule has 0 spiro atoms. The van der Waals surface area contributed by atoms with E-state index >= 15 is 0 Å². The topological polar surface area (TPSA) is 69.7 Å². The number of hydrogen-bond donors (Lipinski definition) is 0. The average Bonchev–Trinajstić information content (AvgIpc) is 2.37. The lowest BCUT2D eigenvalue weighted by Gasteiger charge is -2.14. The van der Waals surface area contributed by atoms with Gasteiger partial charge in [-0.25, -0.2) is 17.6 Å². The predicted octanol–water partition coefficient (Wildman–Crippen LogP) is 2.99. The molecule has 118 valence electrons. The lowest BCUT2D eigenvalue weighted by molar-refractivity contribution is 0.00396. The Bertz CT molecular complexity index is 633. The van der Waals surface area contributed by atoms with E-state index in [2.05, 4.69) is 0 Å². The number of carbonyl (C=O) groups excluding carboxylic acids is 1. The molecule has 0 aliphatic carbocycles. The zero-order valence-corrected chi connectivity index (χ0v) is 13.6. The van der Waals surface area contributed by atoms with E-state index < -0.39 is 37.4 Å². The van der Waals surface area contributed by atoms with E-state index in [0.29, 0.717) is 6.61 Å². The highest BCUT2D eigenvalue weighted by molar-refractivity contribution is 8.13. The Morgan fingerprint density at radius 3 is 2.57 bits per heavy atom. The quantitative estimate of drug-likeness (QED) is 0.577. The minimum Gasteiger partial charge on any atom is -0.457 e. The maximum atomic E-state index is 14.0. The lowest BCUT2D eigenvalue weighted by atomic mass is 10.2. The van der Waals surface area contributed by atoms with Crippen LogP contribution in [0.1, 0.15) is 24.2 Å². The van der Waals surface area contributed by atoms with Crippen molar-refractivity contribution in [1.29, 1.82) is 0 Å². The number of rotatable bonds is 6. The molecule has 0 aromatic heterocycles. The summed E-state index contributed by atoms with van der Waals surface area (Å²) < 4.78 is 46.5. The first-order valence-corrected chi connectivity index (χ1v) is 8.58. The predicted molar refractivity (Wildman–Crippen MR) is 75.8 cm³/mol. The molecule has 1 aromatic rings. The first kappa shape index (κ1) is 18.2. The van der Waals surface area contributed by atoms with Gasteiger partial charge >= 0.3 is 5.97 Å². The molecule has 0 radical (unpaired) electrons. The van der Waals surface area contributed by atoms with E-state index in [0.717, 1.165) is 12.1 Å². The van der Waals surface area contributed by atoms with Gasteiger partial charge in [-0.2, -0.15) is 0 Å². The van der Waals surface area contributed by atoms with Crippen LogP contribution in [0.15, 0.2) is 17.0 Å². The number of ether oxygens (including phenoxy) is 2. The summed E-state index contributed by atoms with van der Waals surface area (Å²) in [5.74, 6) is -2.35. The molecule has 0 N–H and O–H groups in total. The van der Waals surface area contributed by atoms with Crippen molar-refractivity contribution in [3.63, 3.8) is 0 Å². The Morgan fingerprint density at radius 2 is 2.05 bits per heavy atom. The van der Waals surface area contributed by atoms with Crippen molar-refractivity contribution in [3.05, 3.63) is 28.5 Å². The van der Waals surface area contributed by atoms with Gasteiger partial charge in [-0.15, -0.1) is 0 Å². The van der Waals surface area contributed by atoms with E-state index in [9.17, 15) is 17.6 Å². The normalized spacial score (nSPS) is 13.0. The maximum Gasteiger partial charge on any atom is 0.341 e. The first-order chi connectivity index (χ1) is 9.66. The number of halogens is 3. The molecule has 0 heterocycles. The van der Waals surface area contributed by atoms with Crippen LogP contribution in [-0.4, -0.2) is 33.7 Å². The van der Waals surface area contributed by atoms with Crippen LogP contribution in [-0.2, 0) is 18.5 Å². The summed E-state index contributed by atoms with van der Waals surface area (Å²) >= 11 is 5.67. The zero-order valence-electron chi connectivity index (χ0n) is 11.2. The summed E-state index contributed by atoms with van der Waals surface area (Å²) in [4.78, 5) is 11.0. The molecule has 1 atom stereocenters. The SMILES string of the molecule is CCOCC(C)OC(=O)c1cc(Cl)cc(S(=O)(=O)Cl)c1F. The Morgan fingerprint density at radius 1 is 1.43 bits per heavy atom. The first-order valence-electron chi connectivity index (χ1n) is 5.89. The van der Waals surface area contributed by atoms with Crippen LogP contribution in [0.3, 0.4) is 0 Å². The minimum absolute atomic E-state index is 0.130. The Balaban J connectivity index is 3.08. The van der Waals surface area contributed by atoms with Crippen LogP contribution < -0.4 is 0 Å². The van der Waals surface area contributed by atoms with Crippen LogP contribution in [0.5, 0.6) is 0 Å². The maximum absolute atomic E-state index is 14.0. The van der Waals surface area contributed by atoms with Gasteiger partial charge in [0, 0.05) is 22.3 Å². The second-order valence-corrected chi connectivity index (χ2v) is 7.05. The van der Waals surface area contributed by atoms with E-state index in [1.807, 2.05) is 0 Å². The van der Waals surface area contributed by atoms with Gasteiger partial charge in [-0.1, -0.05) is 11.6 Å². The van der Waals surface area contributed by atoms with Gasteiger partial charge in [0.05, 0.1) is 12.2 Å². The Labute approximate surface area is 131 Å². The van der Waals surface area contributed by atoms with Gasteiger partial charge in [-0.3, -0.25) is 0 Å². The molecule has 0 amide bonds. The van der Waals surface area contributed by atoms with Crippen molar-refractivity contribution in [3.8, 4) is 0 Å². The van der Waals surface area contributed by atoms with Gasteiger partial charge in [0.2, 0.25) is 0 Å². The molecule has 5 nitrogen and oxygen atoms in total. The third-order valence-corrected chi connectivity index (χ3v) is 3.89. The van der Waals surface area contributed by atoms with Crippen LogP contribution in [0.4, 0.5) is 4.39 Å². The largest absolute Gasteiger partial charge is 0.457 e. The molecular formula is C12H13Cl2FO5S. The molecule has 1 unspecified atom stereocenters. The molecule has 0 fully saturated rings. The summed E-state index contributed by atoms with van der Waals surface area (Å²) in [5.41, 5.74) is -0.606. The van der Waals surface area contributed by atoms with Crippen molar-refractivity contribution in [2.45, 2.75) is 24.8 Å². The van der Waals surface area contributed by atoms with Gasteiger partial charge in [0.25, 0.3) is 9.05 Å². The van der Waals surface area contributed by atoms with E-state index in [-0.39, 0.29) is 11.6 Å². The number of carbonyl (C=O) groups is 1. The highest BCUT2D eigenvalue weighted by atomic mass is 35.7. The minimum atomic E-state index is -4.37. The molecule has 21 heavy (non-hydrogen) atoms. The van der Waals surface area contributed by atoms with Crippen molar-refractivity contribution in [1.82, 2.24) is 0 Å². The average molecular weight is 359 g/mol. The summed E-state index contributed by atoms with van der Waals surface area (Å²) in [7, 11) is 0.714. The smallest absolute Gasteiger partial charge is 0.341 e. The van der Waals surface area contributed by atoms with Gasteiger partial charge in [0.1, 0.15) is 11.0 Å². The summed E-state index contributed by atoms with van der Waals surface area (Å²) in [5, 5.41) is -0.153. The number of esters is 1. The molecule has 0 saturated carbocycles. The number of hydrogen-bond acceptors (Lipinski definition) is 5. The summed E-state index contributed by atoms with van der Waals surface area (Å²) in [6, 6.07) is 1.79. The molecule has 0 saturated heterocycles. The molecule has 1 rings (SSSR count). The monoisotopic (exact) mass is 358 g/mol. The fraction of sp³-hybridized carbons (Fsp3) is 0.417. The van der Waals surface area contributed by atoms with Crippen LogP contribution >= 0.6 is 22.3 Å². The third kappa shape index (κ3) is 5.10. The van der Waals surface area contributed by atoms with Gasteiger partial charge in [0.15, 0.2) is 5.82 Å². The molecule has 0 aliphatic rings. The Hall–Kier alpha value is -0.890. The van der Waals surface area contributed by atoms with E-state index in [4.69, 9.17) is 31.8 Å².